The smallest absolute Gasteiger partial charge is 0.231 e. The Morgan fingerprint density at radius 3 is 2.59 bits per heavy atom. The lowest BCUT2D eigenvalue weighted by atomic mass is 9.90. The van der Waals surface area contributed by atoms with Crippen molar-refractivity contribution in [3.63, 3.8) is 0 Å². The van der Waals surface area contributed by atoms with E-state index in [4.69, 9.17) is 9.47 Å². The second-order valence-corrected chi connectivity index (χ2v) is 8.22. The summed E-state index contributed by atoms with van der Waals surface area (Å²) in [6.07, 6.45) is 3.08. The van der Waals surface area contributed by atoms with Gasteiger partial charge in [-0.3, -0.25) is 9.59 Å². The summed E-state index contributed by atoms with van der Waals surface area (Å²) in [7, 11) is 0. The Morgan fingerprint density at radius 1 is 1.03 bits per heavy atom. The van der Waals surface area contributed by atoms with Crippen molar-refractivity contribution >= 4 is 17.5 Å². The second-order valence-electron chi connectivity index (χ2n) is 8.22. The molecule has 1 spiro atoms. The highest BCUT2D eigenvalue weighted by Crippen LogP contribution is 2.59. The third kappa shape index (κ3) is 3.55. The molecule has 29 heavy (non-hydrogen) atoms. The number of carbonyl (C=O) groups excluding carboxylic acids is 2. The van der Waals surface area contributed by atoms with Gasteiger partial charge < -0.3 is 19.7 Å². The maximum absolute atomic E-state index is 12.7. The number of likely N-dealkylation sites (tertiary alicyclic amines) is 1. The van der Waals surface area contributed by atoms with Crippen LogP contribution in [0.5, 0.6) is 11.5 Å². The SMILES string of the molecule is O=C(Nc1ccccc1)[C@H]1CC12CCN(C(=O)Cc1ccc3c(c1)OCO3)CC2. The van der Waals surface area contributed by atoms with Crippen LogP contribution in [0.2, 0.25) is 0 Å². The quantitative estimate of drug-likeness (QED) is 0.868. The van der Waals surface area contributed by atoms with Crippen LogP contribution in [-0.4, -0.2) is 36.6 Å². The number of nitrogens with one attached hydrogen (secondary N) is 1. The van der Waals surface area contributed by atoms with Gasteiger partial charge in [-0.2, -0.15) is 0 Å². The van der Waals surface area contributed by atoms with Gasteiger partial charge in [0.15, 0.2) is 11.5 Å². The summed E-state index contributed by atoms with van der Waals surface area (Å²) >= 11 is 0. The summed E-state index contributed by atoms with van der Waals surface area (Å²) in [5.41, 5.74) is 1.86. The van der Waals surface area contributed by atoms with Crippen LogP contribution in [0, 0.1) is 11.3 Å². The Labute approximate surface area is 169 Å². The van der Waals surface area contributed by atoms with E-state index in [1.54, 1.807) is 0 Å². The van der Waals surface area contributed by atoms with Crippen LogP contribution >= 0.6 is 0 Å². The number of para-hydroxylation sites is 1. The molecular weight excluding hydrogens is 368 g/mol. The predicted molar refractivity (Wildman–Crippen MR) is 108 cm³/mol. The number of anilines is 1. The molecule has 6 nitrogen and oxygen atoms in total. The third-order valence-electron chi connectivity index (χ3n) is 6.45. The average Bonchev–Trinajstić information content (AvgIpc) is 3.23. The van der Waals surface area contributed by atoms with Crippen molar-refractivity contribution in [2.75, 3.05) is 25.2 Å². The van der Waals surface area contributed by atoms with Crippen LogP contribution in [0.25, 0.3) is 0 Å². The maximum atomic E-state index is 12.7. The molecule has 0 bridgehead atoms. The summed E-state index contributed by atoms with van der Waals surface area (Å²) < 4.78 is 10.7. The van der Waals surface area contributed by atoms with Gasteiger partial charge in [-0.25, -0.2) is 0 Å². The van der Waals surface area contributed by atoms with Crippen molar-refractivity contribution in [2.24, 2.45) is 11.3 Å². The predicted octanol–water partition coefficient (Wildman–Crippen LogP) is 3.23. The van der Waals surface area contributed by atoms with Crippen LogP contribution in [0.3, 0.4) is 0 Å². The van der Waals surface area contributed by atoms with Gasteiger partial charge >= 0.3 is 0 Å². The van der Waals surface area contributed by atoms with Crippen molar-refractivity contribution in [3.05, 3.63) is 54.1 Å². The van der Waals surface area contributed by atoms with E-state index < -0.39 is 0 Å². The number of rotatable bonds is 4. The van der Waals surface area contributed by atoms with Crippen molar-refractivity contribution in [3.8, 4) is 11.5 Å². The third-order valence-corrected chi connectivity index (χ3v) is 6.45. The van der Waals surface area contributed by atoms with Crippen LogP contribution in [0.15, 0.2) is 48.5 Å². The Morgan fingerprint density at radius 2 is 1.79 bits per heavy atom. The summed E-state index contributed by atoms with van der Waals surface area (Å²) in [5.74, 6) is 1.74. The van der Waals surface area contributed by atoms with Gasteiger partial charge in [0, 0.05) is 24.7 Å². The zero-order chi connectivity index (χ0) is 19.8. The molecule has 3 aliphatic rings. The van der Waals surface area contributed by atoms with E-state index >= 15 is 0 Å². The molecule has 1 saturated heterocycles. The minimum atomic E-state index is 0.0637. The lowest BCUT2D eigenvalue weighted by molar-refractivity contribution is -0.132. The number of benzene rings is 2. The van der Waals surface area contributed by atoms with Gasteiger partial charge in [-0.05, 0) is 54.5 Å². The first-order valence-electron chi connectivity index (χ1n) is 10.2. The van der Waals surface area contributed by atoms with Crippen LogP contribution < -0.4 is 14.8 Å². The fourth-order valence-electron chi connectivity index (χ4n) is 4.56. The highest BCUT2D eigenvalue weighted by molar-refractivity contribution is 5.95. The molecule has 0 aromatic heterocycles. The van der Waals surface area contributed by atoms with E-state index in [1.165, 1.54) is 0 Å². The number of piperidine rings is 1. The molecular formula is C23H24N2O4. The number of nitrogens with zero attached hydrogens (tertiary/aromatic N) is 1. The number of carbonyl (C=O) groups is 2. The van der Waals surface area contributed by atoms with Gasteiger partial charge in [0.2, 0.25) is 18.6 Å². The standard InChI is InChI=1S/C23H24N2O4/c26-21(13-16-6-7-19-20(12-16)29-15-28-19)25-10-8-23(9-11-25)14-18(23)22(27)24-17-4-2-1-3-5-17/h1-7,12,18H,8-11,13-15H2,(H,24,27)/t18-/m1/s1. The highest BCUT2D eigenvalue weighted by atomic mass is 16.7. The van der Waals surface area contributed by atoms with Crippen LogP contribution in [-0.2, 0) is 16.0 Å². The molecule has 2 fully saturated rings. The fourth-order valence-corrected chi connectivity index (χ4v) is 4.56. The van der Waals surface area contributed by atoms with Gasteiger partial charge in [0.1, 0.15) is 0 Å². The van der Waals surface area contributed by atoms with Crippen molar-refractivity contribution in [2.45, 2.75) is 25.7 Å². The lowest BCUT2D eigenvalue weighted by Gasteiger charge is -2.33. The molecule has 2 aromatic rings. The van der Waals surface area contributed by atoms with Crippen molar-refractivity contribution in [1.82, 2.24) is 4.90 Å². The molecule has 0 unspecified atom stereocenters. The molecule has 2 aliphatic heterocycles. The summed E-state index contributed by atoms with van der Waals surface area (Å²) in [5, 5.41) is 3.02. The molecule has 150 valence electrons. The number of hydrogen-bond donors (Lipinski definition) is 1. The molecule has 2 amide bonds. The van der Waals surface area contributed by atoms with Crippen LogP contribution in [0.4, 0.5) is 5.69 Å². The number of fused-ring (bicyclic) bond motifs is 1. The van der Waals surface area contributed by atoms with E-state index in [-0.39, 0.29) is 29.9 Å². The molecule has 1 saturated carbocycles. The topological polar surface area (TPSA) is 67.9 Å². The first-order valence-corrected chi connectivity index (χ1v) is 10.2. The first-order chi connectivity index (χ1) is 14.1. The van der Waals surface area contributed by atoms with Gasteiger partial charge in [-0.1, -0.05) is 24.3 Å². The largest absolute Gasteiger partial charge is 0.454 e. The Hall–Kier alpha value is -3.02. The summed E-state index contributed by atoms with van der Waals surface area (Å²) in [4.78, 5) is 27.2. The highest BCUT2D eigenvalue weighted by Gasteiger charge is 2.58. The Balaban J connectivity index is 1.14. The Bertz CT molecular complexity index is 935. The molecule has 1 N–H and O–H groups in total. The zero-order valence-corrected chi connectivity index (χ0v) is 16.2. The van der Waals surface area contributed by atoms with Gasteiger partial charge in [-0.15, -0.1) is 0 Å². The minimum Gasteiger partial charge on any atom is -0.454 e. The summed E-state index contributed by atoms with van der Waals surface area (Å²) in [6.45, 7) is 1.68. The average molecular weight is 392 g/mol. The normalized spacial score (nSPS) is 21.1. The second kappa shape index (κ2) is 7.10. The van der Waals surface area contributed by atoms with Gasteiger partial charge in [0.05, 0.1) is 6.42 Å². The van der Waals surface area contributed by atoms with Crippen molar-refractivity contribution < 1.29 is 19.1 Å². The van der Waals surface area contributed by atoms with E-state index in [1.807, 2.05) is 53.4 Å². The first kappa shape index (κ1) is 18.0. The molecule has 1 atom stereocenters. The van der Waals surface area contributed by atoms with Gasteiger partial charge in [0.25, 0.3) is 0 Å². The molecule has 6 heteroatoms. The van der Waals surface area contributed by atoms with E-state index in [9.17, 15) is 9.59 Å². The molecule has 0 radical (unpaired) electrons. The van der Waals surface area contributed by atoms with E-state index in [0.717, 1.165) is 49.4 Å². The Kier molecular flexibility index (Phi) is 4.42. The number of ether oxygens (including phenoxy) is 2. The van der Waals surface area contributed by atoms with Crippen molar-refractivity contribution in [1.29, 1.82) is 0 Å². The van der Waals surface area contributed by atoms with Crippen LogP contribution in [0.1, 0.15) is 24.8 Å². The molecule has 5 rings (SSSR count). The number of hydrogen-bond acceptors (Lipinski definition) is 4. The van der Waals surface area contributed by atoms with E-state index in [0.29, 0.717) is 12.2 Å². The maximum Gasteiger partial charge on any atom is 0.231 e. The lowest BCUT2D eigenvalue weighted by Crippen LogP contribution is -2.41. The molecule has 2 heterocycles. The monoisotopic (exact) mass is 392 g/mol. The summed E-state index contributed by atoms with van der Waals surface area (Å²) in [6, 6.07) is 15.2. The fraction of sp³-hybridized carbons (Fsp3) is 0.391. The minimum absolute atomic E-state index is 0.0637. The number of amides is 2. The molecule has 2 aromatic carbocycles. The van der Waals surface area contributed by atoms with E-state index in [2.05, 4.69) is 5.32 Å². The zero-order valence-electron chi connectivity index (χ0n) is 16.2. The molecule has 1 aliphatic carbocycles.